The summed E-state index contributed by atoms with van der Waals surface area (Å²) in [5, 5.41) is 8.15. The Hall–Kier alpha value is -2.18. The third kappa shape index (κ3) is 4.21. The number of carbonyl (C=O) groups is 1. The summed E-state index contributed by atoms with van der Waals surface area (Å²) in [6, 6.07) is 2.17. The second-order valence-corrected chi connectivity index (χ2v) is 6.28. The van der Waals surface area contributed by atoms with Gasteiger partial charge in [-0.05, 0) is 31.7 Å². The summed E-state index contributed by atoms with van der Waals surface area (Å²) < 4.78 is 7.09. The molecule has 0 aromatic carbocycles. The molecule has 0 unspecified atom stereocenters. The number of aromatic nitrogens is 4. The Bertz CT molecular complexity index is 637. The van der Waals surface area contributed by atoms with Crippen LogP contribution in [0.25, 0.3) is 0 Å². The second kappa shape index (κ2) is 8.08. The molecule has 1 aliphatic heterocycles. The van der Waals surface area contributed by atoms with E-state index >= 15 is 0 Å². The van der Waals surface area contributed by atoms with Crippen molar-refractivity contribution in [2.45, 2.75) is 64.5 Å². The number of nitrogens with zero attached hydrogens (tertiary/aromatic N) is 5. The predicted molar refractivity (Wildman–Crippen MR) is 88.2 cm³/mol. The van der Waals surface area contributed by atoms with Gasteiger partial charge in [0.15, 0.2) is 5.82 Å². The fourth-order valence-corrected chi connectivity index (χ4v) is 3.21. The van der Waals surface area contributed by atoms with E-state index < -0.39 is 0 Å². The van der Waals surface area contributed by atoms with E-state index in [0.717, 1.165) is 44.6 Å². The van der Waals surface area contributed by atoms with Gasteiger partial charge >= 0.3 is 0 Å². The number of amides is 1. The molecule has 7 heteroatoms. The van der Waals surface area contributed by atoms with Crippen molar-refractivity contribution in [2.75, 3.05) is 6.54 Å². The lowest BCUT2D eigenvalue weighted by Gasteiger charge is -2.35. The highest BCUT2D eigenvalue weighted by atomic mass is 16.5. The highest BCUT2D eigenvalue weighted by Crippen LogP contribution is 2.20. The molecule has 3 rings (SSSR count). The molecule has 1 amide bonds. The van der Waals surface area contributed by atoms with Gasteiger partial charge in [0, 0.05) is 38.2 Å². The molecule has 0 bridgehead atoms. The molecule has 24 heavy (non-hydrogen) atoms. The van der Waals surface area contributed by atoms with Gasteiger partial charge in [0.05, 0.1) is 12.6 Å². The molecule has 0 saturated carbocycles. The molecule has 3 heterocycles. The molecular formula is C17H25N5O2. The third-order valence-electron chi connectivity index (χ3n) is 4.51. The first-order valence-electron chi connectivity index (χ1n) is 8.84. The molecule has 1 saturated heterocycles. The van der Waals surface area contributed by atoms with Crippen molar-refractivity contribution in [3.8, 4) is 0 Å². The summed E-state index contributed by atoms with van der Waals surface area (Å²) >= 11 is 0. The lowest BCUT2D eigenvalue weighted by Crippen LogP contribution is -2.45. The maximum atomic E-state index is 12.6. The zero-order valence-corrected chi connectivity index (χ0v) is 14.2. The van der Waals surface area contributed by atoms with Crippen LogP contribution in [-0.2, 0) is 24.2 Å². The number of piperidine rings is 1. The van der Waals surface area contributed by atoms with Gasteiger partial charge in [-0.2, -0.15) is 10.1 Å². The zero-order chi connectivity index (χ0) is 16.8. The van der Waals surface area contributed by atoms with Gasteiger partial charge in [0.1, 0.15) is 0 Å². The molecule has 0 aliphatic carbocycles. The van der Waals surface area contributed by atoms with Crippen molar-refractivity contribution in [3.05, 3.63) is 30.2 Å². The summed E-state index contributed by atoms with van der Waals surface area (Å²) in [6.45, 7) is 3.63. The van der Waals surface area contributed by atoms with Crippen LogP contribution in [0.1, 0.15) is 50.7 Å². The van der Waals surface area contributed by atoms with Crippen LogP contribution in [0, 0.1) is 0 Å². The van der Waals surface area contributed by atoms with E-state index in [1.165, 1.54) is 6.42 Å². The zero-order valence-electron chi connectivity index (χ0n) is 14.2. The average molecular weight is 331 g/mol. The van der Waals surface area contributed by atoms with E-state index in [9.17, 15) is 4.79 Å². The summed E-state index contributed by atoms with van der Waals surface area (Å²) in [7, 11) is 0. The molecule has 0 N–H and O–H groups in total. The van der Waals surface area contributed by atoms with Gasteiger partial charge in [0.25, 0.3) is 0 Å². The second-order valence-electron chi connectivity index (χ2n) is 6.28. The number of hydrogen-bond donors (Lipinski definition) is 0. The van der Waals surface area contributed by atoms with Crippen molar-refractivity contribution in [2.24, 2.45) is 0 Å². The Morgan fingerprint density at radius 2 is 2.33 bits per heavy atom. The van der Waals surface area contributed by atoms with Gasteiger partial charge in [-0.15, -0.1) is 0 Å². The monoisotopic (exact) mass is 331 g/mol. The van der Waals surface area contributed by atoms with Crippen LogP contribution in [0.3, 0.4) is 0 Å². The Kier molecular flexibility index (Phi) is 5.61. The highest BCUT2D eigenvalue weighted by Gasteiger charge is 2.26. The number of rotatable bonds is 7. The Balaban J connectivity index is 1.50. The maximum absolute atomic E-state index is 12.6. The standard InChI is InChI=1S/C17H25N5O2/c1-2-15-19-16(24-20-15)8-5-9-17(23)22-12-4-3-7-14(22)13-21-11-6-10-18-21/h6,10-11,14H,2-5,7-9,12-13H2,1H3/t14-/m1/s1. The number of hydrogen-bond acceptors (Lipinski definition) is 5. The molecule has 2 aromatic rings. The minimum atomic E-state index is 0.224. The first-order valence-corrected chi connectivity index (χ1v) is 8.84. The van der Waals surface area contributed by atoms with Crippen molar-refractivity contribution >= 4 is 5.91 Å². The Morgan fingerprint density at radius 1 is 1.42 bits per heavy atom. The van der Waals surface area contributed by atoms with Crippen LogP contribution in [0.5, 0.6) is 0 Å². The maximum Gasteiger partial charge on any atom is 0.226 e. The van der Waals surface area contributed by atoms with Crippen LogP contribution in [-0.4, -0.2) is 43.3 Å². The largest absolute Gasteiger partial charge is 0.339 e. The summed E-state index contributed by atoms with van der Waals surface area (Å²) in [4.78, 5) is 18.9. The van der Waals surface area contributed by atoms with Crippen molar-refractivity contribution in [1.29, 1.82) is 0 Å². The Morgan fingerprint density at radius 3 is 3.08 bits per heavy atom. The molecule has 1 atom stereocenters. The summed E-state index contributed by atoms with van der Waals surface area (Å²) in [6.07, 6.45) is 9.76. The summed E-state index contributed by atoms with van der Waals surface area (Å²) in [5.41, 5.74) is 0. The van der Waals surface area contributed by atoms with E-state index in [0.29, 0.717) is 18.7 Å². The topological polar surface area (TPSA) is 77.0 Å². The third-order valence-corrected chi connectivity index (χ3v) is 4.51. The van der Waals surface area contributed by atoms with E-state index in [4.69, 9.17) is 4.52 Å². The molecule has 1 fully saturated rings. The van der Waals surface area contributed by atoms with Gasteiger partial charge in [-0.3, -0.25) is 9.48 Å². The first kappa shape index (κ1) is 16.7. The van der Waals surface area contributed by atoms with Crippen LogP contribution in [0.2, 0.25) is 0 Å². The van der Waals surface area contributed by atoms with Gasteiger partial charge in [-0.25, -0.2) is 0 Å². The summed E-state index contributed by atoms with van der Waals surface area (Å²) in [5.74, 6) is 1.58. The average Bonchev–Trinajstić information content (AvgIpc) is 3.27. The molecular weight excluding hydrogens is 306 g/mol. The van der Waals surface area contributed by atoms with E-state index in [1.807, 2.05) is 28.8 Å². The molecule has 1 aliphatic rings. The number of aryl methyl sites for hydroxylation is 2. The van der Waals surface area contributed by atoms with Crippen LogP contribution in [0.4, 0.5) is 0 Å². The first-order chi connectivity index (χ1) is 11.8. The predicted octanol–water partition coefficient (Wildman–Crippen LogP) is 2.23. The van der Waals surface area contributed by atoms with Crippen molar-refractivity contribution in [1.82, 2.24) is 24.8 Å². The van der Waals surface area contributed by atoms with Crippen LogP contribution in [0.15, 0.2) is 23.0 Å². The van der Waals surface area contributed by atoms with E-state index in [-0.39, 0.29) is 11.9 Å². The lowest BCUT2D eigenvalue weighted by atomic mass is 10.0. The lowest BCUT2D eigenvalue weighted by molar-refractivity contribution is -0.135. The van der Waals surface area contributed by atoms with E-state index in [2.05, 4.69) is 15.2 Å². The van der Waals surface area contributed by atoms with Crippen LogP contribution < -0.4 is 0 Å². The van der Waals surface area contributed by atoms with Gasteiger partial charge in [0.2, 0.25) is 11.8 Å². The molecule has 0 radical (unpaired) electrons. The quantitative estimate of drug-likeness (QED) is 0.777. The van der Waals surface area contributed by atoms with Gasteiger partial charge < -0.3 is 9.42 Å². The normalized spacial score (nSPS) is 18.0. The van der Waals surface area contributed by atoms with Crippen molar-refractivity contribution < 1.29 is 9.32 Å². The highest BCUT2D eigenvalue weighted by molar-refractivity contribution is 5.76. The molecule has 130 valence electrons. The van der Waals surface area contributed by atoms with Crippen molar-refractivity contribution in [3.63, 3.8) is 0 Å². The molecule has 7 nitrogen and oxygen atoms in total. The molecule has 0 spiro atoms. The minimum Gasteiger partial charge on any atom is -0.339 e. The SMILES string of the molecule is CCc1noc(CCCC(=O)N2CCCC[C@@H]2Cn2cccn2)n1. The fraction of sp³-hybridized carbons (Fsp3) is 0.647. The van der Waals surface area contributed by atoms with Crippen LogP contribution >= 0.6 is 0 Å². The fourth-order valence-electron chi connectivity index (χ4n) is 3.21. The Labute approximate surface area is 142 Å². The van der Waals surface area contributed by atoms with E-state index in [1.54, 1.807) is 6.20 Å². The molecule has 2 aromatic heterocycles. The smallest absolute Gasteiger partial charge is 0.226 e. The number of carbonyl (C=O) groups excluding carboxylic acids is 1. The number of likely N-dealkylation sites (tertiary alicyclic amines) is 1. The minimum absolute atomic E-state index is 0.224. The van der Waals surface area contributed by atoms with Gasteiger partial charge in [-0.1, -0.05) is 12.1 Å².